The van der Waals surface area contributed by atoms with E-state index in [1.807, 2.05) is 12.1 Å². The third-order valence-corrected chi connectivity index (χ3v) is 3.74. The lowest BCUT2D eigenvalue weighted by Crippen LogP contribution is -2.44. The predicted molar refractivity (Wildman–Crippen MR) is 80.2 cm³/mol. The predicted octanol–water partition coefficient (Wildman–Crippen LogP) is 1.19. The number of aromatic nitrogens is 1. The van der Waals surface area contributed by atoms with Crippen molar-refractivity contribution in [2.75, 3.05) is 38.1 Å². The third kappa shape index (κ3) is 2.90. The van der Waals surface area contributed by atoms with E-state index < -0.39 is 5.91 Å². The molecule has 2 aromatic rings. The molecule has 2 heterocycles. The topological polar surface area (TPSA) is 75.6 Å². The molecule has 1 saturated heterocycles. The van der Waals surface area contributed by atoms with Crippen molar-refractivity contribution in [1.29, 1.82) is 0 Å². The molecule has 1 aromatic heterocycles. The van der Waals surface area contributed by atoms with E-state index in [2.05, 4.69) is 34.0 Å². The molecule has 6 heteroatoms. The number of piperazine rings is 1. The molecule has 1 fully saturated rings. The van der Waals surface area contributed by atoms with E-state index in [4.69, 9.17) is 10.2 Å². The lowest BCUT2D eigenvalue weighted by Gasteiger charge is -2.34. The molecule has 0 spiro atoms. The number of nitrogens with two attached hydrogens (primary N) is 1. The van der Waals surface area contributed by atoms with Crippen molar-refractivity contribution < 1.29 is 9.21 Å². The zero-order valence-electron chi connectivity index (χ0n) is 12.0. The quantitative estimate of drug-likeness (QED) is 0.917. The summed E-state index contributed by atoms with van der Waals surface area (Å²) in [4.78, 5) is 19.8. The average Bonchev–Trinajstić information content (AvgIpc) is 2.98. The van der Waals surface area contributed by atoms with Crippen molar-refractivity contribution >= 4 is 11.6 Å². The highest BCUT2D eigenvalue weighted by Crippen LogP contribution is 2.23. The monoisotopic (exact) mass is 286 g/mol. The zero-order valence-corrected chi connectivity index (χ0v) is 12.0. The van der Waals surface area contributed by atoms with Gasteiger partial charge >= 0.3 is 0 Å². The van der Waals surface area contributed by atoms with Crippen LogP contribution in [0.2, 0.25) is 0 Å². The minimum absolute atomic E-state index is 0.146. The number of benzene rings is 1. The maximum absolute atomic E-state index is 11.0. The summed E-state index contributed by atoms with van der Waals surface area (Å²) in [6.07, 6.45) is 1.28. The molecule has 0 unspecified atom stereocenters. The van der Waals surface area contributed by atoms with Crippen molar-refractivity contribution in [3.05, 3.63) is 36.2 Å². The molecule has 6 nitrogen and oxygen atoms in total. The normalized spacial score (nSPS) is 16.1. The van der Waals surface area contributed by atoms with Crippen LogP contribution in [0.3, 0.4) is 0 Å². The average molecular weight is 286 g/mol. The Morgan fingerprint density at radius 3 is 2.43 bits per heavy atom. The van der Waals surface area contributed by atoms with Crippen LogP contribution < -0.4 is 10.6 Å². The van der Waals surface area contributed by atoms with Gasteiger partial charge in [-0.2, -0.15) is 0 Å². The second-order valence-corrected chi connectivity index (χ2v) is 5.24. The van der Waals surface area contributed by atoms with Gasteiger partial charge in [-0.1, -0.05) is 0 Å². The van der Waals surface area contributed by atoms with Gasteiger partial charge in [-0.05, 0) is 31.3 Å². The van der Waals surface area contributed by atoms with Crippen LogP contribution in [-0.2, 0) is 0 Å². The molecule has 2 N–H and O–H groups in total. The van der Waals surface area contributed by atoms with Gasteiger partial charge in [0.25, 0.3) is 5.91 Å². The van der Waals surface area contributed by atoms with Gasteiger partial charge in [0.1, 0.15) is 6.26 Å². The van der Waals surface area contributed by atoms with Crippen molar-refractivity contribution in [2.45, 2.75) is 0 Å². The van der Waals surface area contributed by atoms with Gasteiger partial charge in [0.15, 0.2) is 5.69 Å². The molecule has 1 aliphatic heterocycles. The molecule has 0 aliphatic carbocycles. The van der Waals surface area contributed by atoms with Crippen molar-refractivity contribution in [1.82, 2.24) is 9.88 Å². The van der Waals surface area contributed by atoms with Crippen molar-refractivity contribution in [3.8, 4) is 11.5 Å². The van der Waals surface area contributed by atoms with E-state index >= 15 is 0 Å². The van der Waals surface area contributed by atoms with E-state index in [-0.39, 0.29) is 5.69 Å². The number of primary amides is 1. The van der Waals surface area contributed by atoms with Gasteiger partial charge in [-0.3, -0.25) is 4.79 Å². The Labute approximate surface area is 123 Å². The number of hydrogen-bond donors (Lipinski definition) is 1. The van der Waals surface area contributed by atoms with E-state index in [9.17, 15) is 4.79 Å². The summed E-state index contributed by atoms with van der Waals surface area (Å²) in [5, 5.41) is 0. The van der Waals surface area contributed by atoms with Gasteiger partial charge in [0.05, 0.1) is 0 Å². The SMILES string of the molecule is CN1CCN(c2ccc(-c3nc(C(N)=O)co3)cc2)CC1. The summed E-state index contributed by atoms with van der Waals surface area (Å²) >= 11 is 0. The fourth-order valence-electron chi connectivity index (χ4n) is 2.40. The second kappa shape index (κ2) is 5.57. The van der Waals surface area contributed by atoms with E-state index in [1.54, 1.807) is 0 Å². The third-order valence-electron chi connectivity index (χ3n) is 3.74. The number of anilines is 1. The van der Waals surface area contributed by atoms with E-state index in [1.165, 1.54) is 12.0 Å². The highest BCUT2D eigenvalue weighted by molar-refractivity contribution is 5.90. The molecule has 0 atom stereocenters. The van der Waals surface area contributed by atoms with E-state index in [0.29, 0.717) is 5.89 Å². The molecule has 0 bridgehead atoms. The summed E-state index contributed by atoms with van der Waals surface area (Å²) in [7, 11) is 2.14. The molecule has 110 valence electrons. The number of rotatable bonds is 3. The van der Waals surface area contributed by atoms with Crippen LogP contribution in [0.1, 0.15) is 10.5 Å². The number of hydrogen-bond acceptors (Lipinski definition) is 5. The summed E-state index contributed by atoms with van der Waals surface area (Å²) in [5.41, 5.74) is 7.33. The molecular formula is C15H18N4O2. The highest BCUT2D eigenvalue weighted by atomic mass is 16.3. The number of carbonyl (C=O) groups is 1. The maximum Gasteiger partial charge on any atom is 0.270 e. The van der Waals surface area contributed by atoms with Crippen LogP contribution in [-0.4, -0.2) is 49.0 Å². The maximum atomic E-state index is 11.0. The number of nitrogens with zero attached hydrogens (tertiary/aromatic N) is 3. The Hall–Kier alpha value is -2.34. The summed E-state index contributed by atoms with van der Waals surface area (Å²) in [5.74, 6) is -0.173. The fraction of sp³-hybridized carbons (Fsp3) is 0.333. The zero-order chi connectivity index (χ0) is 14.8. The van der Waals surface area contributed by atoms with Crippen LogP contribution in [0, 0.1) is 0 Å². The Morgan fingerprint density at radius 1 is 1.19 bits per heavy atom. The summed E-state index contributed by atoms with van der Waals surface area (Å²) < 4.78 is 5.28. The minimum atomic E-state index is -0.584. The van der Waals surface area contributed by atoms with Gasteiger partial charge in [0.2, 0.25) is 5.89 Å². The van der Waals surface area contributed by atoms with Gasteiger partial charge in [-0.25, -0.2) is 4.98 Å². The molecule has 0 radical (unpaired) electrons. The fourth-order valence-corrected chi connectivity index (χ4v) is 2.40. The number of amides is 1. The Kier molecular flexibility index (Phi) is 3.62. The summed E-state index contributed by atoms with van der Waals surface area (Å²) in [6, 6.07) is 8.00. The van der Waals surface area contributed by atoms with Crippen LogP contribution in [0.25, 0.3) is 11.5 Å². The molecular weight excluding hydrogens is 268 g/mol. The second-order valence-electron chi connectivity index (χ2n) is 5.24. The largest absolute Gasteiger partial charge is 0.444 e. The molecule has 21 heavy (non-hydrogen) atoms. The Bertz CT molecular complexity index is 627. The first-order valence-electron chi connectivity index (χ1n) is 6.93. The van der Waals surface area contributed by atoms with Crippen LogP contribution >= 0.6 is 0 Å². The lowest BCUT2D eigenvalue weighted by atomic mass is 10.2. The van der Waals surface area contributed by atoms with Crippen molar-refractivity contribution in [2.24, 2.45) is 5.73 Å². The summed E-state index contributed by atoms with van der Waals surface area (Å²) in [6.45, 7) is 4.20. The molecule has 1 aliphatic rings. The number of carbonyl (C=O) groups excluding carboxylic acids is 1. The van der Waals surface area contributed by atoms with E-state index in [0.717, 1.165) is 31.7 Å². The lowest BCUT2D eigenvalue weighted by molar-refractivity contribution is 0.0995. The standard InChI is InChI=1S/C15H18N4O2/c1-18-6-8-19(9-7-18)12-4-2-11(3-5-12)15-17-13(10-21-15)14(16)20/h2-5,10H,6-9H2,1H3,(H2,16,20). The van der Waals surface area contributed by atoms with Crippen LogP contribution in [0.15, 0.2) is 34.9 Å². The molecule has 1 aromatic carbocycles. The number of oxazole rings is 1. The number of likely N-dealkylation sites (N-methyl/N-ethyl adjacent to an activating group) is 1. The highest BCUT2D eigenvalue weighted by Gasteiger charge is 2.15. The van der Waals surface area contributed by atoms with Gasteiger partial charge in [-0.15, -0.1) is 0 Å². The first kappa shape index (κ1) is 13.6. The van der Waals surface area contributed by atoms with Crippen LogP contribution in [0.5, 0.6) is 0 Å². The first-order valence-corrected chi connectivity index (χ1v) is 6.93. The first-order chi connectivity index (χ1) is 10.1. The Balaban J connectivity index is 1.75. The van der Waals surface area contributed by atoms with Gasteiger partial charge < -0.3 is 20.0 Å². The molecule has 3 rings (SSSR count). The molecule has 0 saturated carbocycles. The minimum Gasteiger partial charge on any atom is -0.444 e. The molecule has 1 amide bonds. The smallest absolute Gasteiger partial charge is 0.270 e. The van der Waals surface area contributed by atoms with Gasteiger partial charge in [0, 0.05) is 37.4 Å². The van der Waals surface area contributed by atoms with Crippen LogP contribution in [0.4, 0.5) is 5.69 Å². The Morgan fingerprint density at radius 2 is 1.86 bits per heavy atom. The van der Waals surface area contributed by atoms with Crippen molar-refractivity contribution in [3.63, 3.8) is 0 Å².